The molecule has 636 valence electrons. The molecule has 2 aromatic rings. The predicted octanol–water partition coefficient (Wildman–Crippen LogP) is -14.6. The SMILES string of the molecule is CN(CCOc1ccc(CC2SC(=O)NC2=O)cc1)c1ccccn1.OC[C@H]1OC2C3[C@@H](CO)OC(O[C@H]4[C@H](O)[C@@H](O)[C@@H](O[C@H]5[C@H](O)[C@@H](O)[C@@H](O[C@H]6[C@H](O)[C@@H](O)[C@@H](O[C@H]7[C@H](O)[C@@H](O)[C@@H](O[C@H]8[C@H](O)[C@@H](O)[C@@H](O[C@H]9[C@H](O)[C@@H](O)C(OC1[C@H](O)[C@H]2O)O[C@@H]9CO)O[C@@H]8CO)O[C@@H]7CO)O[C@@H]6CO)O[C@@H]5CO)O[C@@H]4CO)[C@H](O)[C@H]3O. The van der Waals surface area contributed by atoms with E-state index >= 15 is 0 Å². The number of hydrogen-bond acceptors (Lipinski definition) is 45. The number of aliphatic hydroxyl groups excluding tert-OH is 24. The number of thioether (sulfide) groups is 1. The Morgan fingerprint density at radius 3 is 0.955 bits per heavy atom. The van der Waals surface area contributed by atoms with Gasteiger partial charge < -0.3 is 203 Å². The Hall–Kier alpha value is -4.10. The third-order valence-corrected chi connectivity index (χ3v) is 22.0. The first-order valence-electron chi connectivity index (χ1n) is 36.0. The second kappa shape index (κ2) is 39.2. The molecule has 32 heterocycles. The lowest BCUT2D eigenvalue weighted by Gasteiger charge is -2.52. The summed E-state index contributed by atoms with van der Waals surface area (Å²) in [6.45, 7) is -7.36. The van der Waals surface area contributed by atoms with Gasteiger partial charge in [-0.05, 0) is 36.2 Å². The third-order valence-electron chi connectivity index (χ3n) is 21.0. The number of rotatable bonds is 15. The highest BCUT2D eigenvalue weighted by molar-refractivity contribution is 8.15. The van der Waals surface area contributed by atoms with Gasteiger partial charge in [-0.15, -0.1) is 0 Å². The summed E-state index contributed by atoms with van der Waals surface area (Å²) in [7, 11) is 1.97. The molecule has 1 aromatic carbocycles. The molecule has 31 aliphatic rings. The van der Waals surface area contributed by atoms with Crippen LogP contribution in [0.3, 0.4) is 0 Å². The van der Waals surface area contributed by atoms with Crippen molar-refractivity contribution in [3.8, 4) is 5.75 Å². The molecular weight excluding hydrogens is 1540 g/mol. The molecule has 46 heteroatoms. The van der Waals surface area contributed by atoms with Gasteiger partial charge in [0.1, 0.15) is 195 Å². The van der Waals surface area contributed by atoms with Gasteiger partial charge in [0.05, 0.1) is 83.0 Å². The lowest BCUT2D eigenvalue weighted by atomic mass is 9.78. The molecule has 31 aliphatic heterocycles. The van der Waals surface area contributed by atoms with Crippen molar-refractivity contribution in [2.75, 3.05) is 78.0 Å². The summed E-state index contributed by atoms with van der Waals surface area (Å²) in [6.07, 6.45) is -77.4. The fourth-order valence-electron chi connectivity index (χ4n) is 14.8. The Balaban J connectivity index is 0.000000418. The van der Waals surface area contributed by atoms with Crippen LogP contribution in [0.1, 0.15) is 5.56 Å². The molecule has 41 atom stereocenters. The minimum Gasteiger partial charge on any atom is -0.492 e. The molecule has 31 fully saturated rings. The van der Waals surface area contributed by atoms with Gasteiger partial charge in [0.15, 0.2) is 44.0 Å². The molecule has 33 rings (SSSR count). The largest absolute Gasteiger partial charge is 0.492 e. The third kappa shape index (κ3) is 19.0. The molecule has 45 nitrogen and oxygen atoms in total. The van der Waals surface area contributed by atoms with Gasteiger partial charge in [-0.1, -0.05) is 30.0 Å². The topological polar surface area (TPSA) is 696 Å². The average Bonchev–Trinajstić information content (AvgIpc) is 1.05. The highest BCUT2D eigenvalue weighted by Crippen LogP contribution is 2.42. The number of aromatic nitrogens is 1. The standard InChI is InChI=1S/C48H80O39.C18H19N3O3S/c49-1-9-17-18(57)27(66)42(74-9)82-35-11(3-51)76-44(29(68)21(35)60)84-37-13(5-53)78-46(31(70)23(37)62)86-39-15(7-55)80-48(33(72)25(39)64)87-40-16(8-56)79-47(32(71)26(40)65)85-38-14(6-54)77-45(30(69)24(38)63)83-36-12(4-52)75-43(28(67)22(36)61)81-34-10(2-50)73-41(17)20(59)19(34)58;1-21(16-4-2-3-9-19-16)10-11-24-14-7-5-13(6-8-14)12-15-17(22)20-18(23)25-15/h9-72H,1-8H2;2-9,15H,10-12H2,1H3,(H,20,22,23)/t9-,10-,11-,12-,13-,14-,15-,16-,17?,18+,19-,20-,21-,22-,23-,24-,25-,26-,27-,28-,29-,30-,31-,32-,33-,34?,35-,36-,37-,38-,39-,40-,41?,42?,43?,44-,45-,46-,47-,48-;/m1./s1. The van der Waals surface area contributed by atoms with Crippen LogP contribution in [-0.2, 0) is 82.3 Å². The number of amides is 2. The molecule has 0 spiro atoms. The predicted molar refractivity (Wildman–Crippen MR) is 358 cm³/mol. The molecule has 1 aromatic heterocycles. The van der Waals surface area contributed by atoms with Crippen molar-refractivity contribution in [2.45, 2.75) is 251 Å². The van der Waals surface area contributed by atoms with Crippen LogP contribution in [0.15, 0.2) is 48.7 Å². The summed E-state index contributed by atoms with van der Waals surface area (Å²) >= 11 is 1.05. The monoisotopic (exact) mass is 1640 g/mol. The molecule has 112 heavy (non-hydrogen) atoms. The molecule has 0 aliphatic carbocycles. The lowest BCUT2D eigenvalue weighted by molar-refractivity contribution is -0.398. The summed E-state index contributed by atoms with van der Waals surface area (Å²) in [5, 5.41) is 268. The van der Waals surface area contributed by atoms with E-state index in [0.29, 0.717) is 13.0 Å². The van der Waals surface area contributed by atoms with E-state index in [1.54, 1.807) is 6.20 Å². The van der Waals surface area contributed by atoms with Crippen LogP contribution in [0.25, 0.3) is 0 Å². The summed E-state index contributed by atoms with van der Waals surface area (Å²) < 4.78 is 91.6. The van der Waals surface area contributed by atoms with E-state index in [1.165, 1.54) is 0 Å². The zero-order chi connectivity index (χ0) is 81.0. The zero-order valence-corrected chi connectivity index (χ0v) is 60.3. The van der Waals surface area contributed by atoms with Crippen molar-refractivity contribution in [3.63, 3.8) is 0 Å². The van der Waals surface area contributed by atoms with Crippen molar-refractivity contribution >= 4 is 28.7 Å². The van der Waals surface area contributed by atoms with Crippen molar-refractivity contribution in [1.29, 1.82) is 0 Å². The highest BCUT2D eigenvalue weighted by atomic mass is 32.2. The first-order chi connectivity index (χ1) is 53.5. The van der Waals surface area contributed by atoms with Gasteiger partial charge in [-0.2, -0.15) is 0 Å². The number of imide groups is 1. The first-order valence-corrected chi connectivity index (χ1v) is 36.8. The van der Waals surface area contributed by atoms with Crippen molar-refractivity contribution < 1.29 is 208 Å². The molecule has 2 amide bonds. The Labute approximate surface area is 639 Å². The van der Waals surface area contributed by atoms with Crippen molar-refractivity contribution in [3.05, 3.63) is 54.2 Å². The fourth-order valence-corrected chi connectivity index (χ4v) is 15.6. The van der Waals surface area contributed by atoms with Crippen LogP contribution < -0.4 is 15.0 Å². The number of aliphatic hydroxyl groups is 24. The molecule has 25 N–H and O–H groups in total. The van der Waals surface area contributed by atoms with E-state index < -0.39 is 298 Å². The van der Waals surface area contributed by atoms with E-state index in [0.717, 1.165) is 35.4 Å². The number of likely N-dealkylation sites (N-methyl/N-ethyl adjacent to an activating group) is 1. The van der Waals surface area contributed by atoms with E-state index in [2.05, 4.69) is 10.3 Å². The maximum atomic E-state index is 11.6. The van der Waals surface area contributed by atoms with Gasteiger partial charge in [0.25, 0.3) is 5.24 Å². The summed E-state index contributed by atoms with van der Waals surface area (Å²) in [4.78, 5) is 29.1. The number of benzene rings is 1. The van der Waals surface area contributed by atoms with Crippen LogP contribution in [0, 0.1) is 5.92 Å². The van der Waals surface area contributed by atoms with E-state index in [9.17, 15) is 132 Å². The van der Waals surface area contributed by atoms with Gasteiger partial charge in [0.2, 0.25) is 5.91 Å². The maximum Gasteiger partial charge on any atom is 0.286 e. The summed E-state index contributed by atoms with van der Waals surface area (Å²) in [5.74, 6) is -0.285. The van der Waals surface area contributed by atoms with Crippen LogP contribution in [-0.4, -0.2) is 456 Å². The second-order valence-electron chi connectivity index (χ2n) is 28.2. The number of hydrogen-bond donors (Lipinski definition) is 25. The van der Waals surface area contributed by atoms with Crippen LogP contribution >= 0.6 is 11.8 Å². The van der Waals surface area contributed by atoms with Gasteiger partial charge in [0, 0.05) is 19.2 Å². The van der Waals surface area contributed by atoms with Crippen LogP contribution in [0.2, 0.25) is 0 Å². The fraction of sp³-hybridized carbons (Fsp3) is 0.803. The molecule has 0 saturated carbocycles. The summed E-state index contributed by atoms with van der Waals surface area (Å²) in [5.41, 5.74) is 1.00. The highest BCUT2D eigenvalue weighted by Gasteiger charge is 2.62. The number of carbonyl (C=O) groups is 2. The Morgan fingerprint density at radius 2 is 0.661 bits per heavy atom. The average molecular weight is 1640 g/mol. The summed E-state index contributed by atoms with van der Waals surface area (Å²) in [6, 6.07) is 13.4. The maximum absolute atomic E-state index is 11.6. The lowest BCUT2D eigenvalue weighted by Crippen LogP contribution is -2.70. The van der Waals surface area contributed by atoms with Gasteiger partial charge in [-0.25, -0.2) is 4.98 Å². The van der Waals surface area contributed by atoms with Gasteiger partial charge >= 0.3 is 0 Å². The van der Waals surface area contributed by atoms with E-state index in [1.807, 2.05) is 54.4 Å². The minimum atomic E-state index is -2.25. The van der Waals surface area contributed by atoms with Gasteiger partial charge in [-0.3, -0.25) is 14.9 Å². The molecule has 0 radical (unpaired) electrons. The molecule has 16 bridgehead atoms. The van der Waals surface area contributed by atoms with Crippen LogP contribution in [0.5, 0.6) is 5.75 Å². The van der Waals surface area contributed by atoms with E-state index in [-0.39, 0.29) is 16.4 Å². The number of nitrogens with zero attached hydrogens (tertiary/aromatic N) is 2. The van der Waals surface area contributed by atoms with Crippen molar-refractivity contribution in [1.82, 2.24) is 10.3 Å². The molecule has 6 unspecified atom stereocenters. The Bertz CT molecular complexity index is 3240. The van der Waals surface area contributed by atoms with E-state index in [4.69, 9.17) is 75.8 Å². The minimum absolute atomic E-state index is 0.215. The first kappa shape index (κ1) is 88.7. The molecule has 31 saturated heterocycles. The Morgan fingerprint density at radius 1 is 0.366 bits per heavy atom. The number of nitrogens with one attached hydrogen (secondary N) is 1. The number of ether oxygens (including phenoxy) is 16. The Kier molecular flexibility index (Phi) is 31.0. The number of pyridine rings is 1. The van der Waals surface area contributed by atoms with Crippen LogP contribution in [0.4, 0.5) is 10.6 Å². The quantitative estimate of drug-likeness (QED) is 0.0787. The molecular formula is C66H99N3O42S. The van der Waals surface area contributed by atoms with Crippen molar-refractivity contribution in [2.24, 2.45) is 5.92 Å². The number of carbonyl (C=O) groups excluding carboxylic acids is 2. The normalized spacial score (nSPS) is 47.0. The zero-order valence-electron chi connectivity index (χ0n) is 59.5. The number of anilines is 1. The second-order valence-corrected chi connectivity index (χ2v) is 29.4. The smallest absolute Gasteiger partial charge is 0.286 e.